The van der Waals surface area contributed by atoms with Gasteiger partial charge in [0.05, 0.1) is 12.1 Å². The summed E-state index contributed by atoms with van der Waals surface area (Å²) in [5.41, 5.74) is 0.427. The van der Waals surface area contributed by atoms with Gasteiger partial charge >= 0.3 is 0 Å². The Labute approximate surface area is 162 Å². The van der Waals surface area contributed by atoms with Crippen molar-refractivity contribution in [3.63, 3.8) is 0 Å². The minimum Gasteiger partial charge on any atom is -0.473 e. The summed E-state index contributed by atoms with van der Waals surface area (Å²) in [6.45, 7) is -0.0618. The largest absolute Gasteiger partial charge is 0.473 e. The maximum absolute atomic E-state index is 12.1. The smallest absolute Gasteiger partial charge is 0.253 e. The second-order valence-corrected chi connectivity index (χ2v) is 6.78. The average molecular weight is 389 g/mol. The third-order valence-electron chi connectivity index (χ3n) is 4.38. The van der Waals surface area contributed by atoms with Crippen LogP contribution in [0.1, 0.15) is 36.0 Å². The van der Waals surface area contributed by atoms with Crippen molar-refractivity contribution >= 4 is 23.4 Å². The first-order valence-corrected chi connectivity index (χ1v) is 9.24. The highest BCUT2D eigenvalue weighted by atomic mass is 35.5. The van der Waals surface area contributed by atoms with E-state index in [-0.39, 0.29) is 30.5 Å². The van der Waals surface area contributed by atoms with Gasteiger partial charge in [-0.3, -0.25) is 14.6 Å². The van der Waals surface area contributed by atoms with E-state index in [9.17, 15) is 9.59 Å². The second-order valence-electron chi connectivity index (χ2n) is 6.37. The van der Waals surface area contributed by atoms with Crippen molar-refractivity contribution in [1.29, 1.82) is 0 Å². The molecule has 1 aliphatic carbocycles. The number of nitrogens with one attached hydrogen (secondary N) is 2. The summed E-state index contributed by atoms with van der Waals surface area (Å²) in [5.74, 6) is -0.0725. The van der Waals surface area contributed by atoms with E-state index < -0.39 is 0 Å². The van der Waals surface area contributed by atoms with Crippen molar-refractivity contribution in [2.24, 2.45) is 0 Å². The molecule has 2 heterocycles. The Hall–Kier alpha value is -2.67. The maximum Gasteiger partial charge on any atom is 0.253 e. The molecule has 0 bridgehead atoms. The lowest BCUT2D eigenvalue weighted by Crippen LogP contribution is -2.44. The minimum atomic E-state index is -0.317. The molecule has 2 aromatic rings. The molecule has 2 N–H and O–H groups in total. The van der Waals surface area contributed by atoms with Crippen molar-refractivity contribution in [2.45, 2.75) is 37.8 Å². The van der Waals surface area contributed by atoms with Crippen LogP contribution in [0.25, 0.3) is 0 Å². The van der Waals surface area contributed by atoms with Gasteiger partial charge in [0, 0.05) is 24.6 Å². The molecule has 0 aliphatic heterocycles. The fourth-order valence-electron chi connectivity index (χ4n) is 2.98. The van der Waals surface area contributed by atoms with Gasteiger partial charge in [0.2, 0.25) is 11.8 Å². The Morgan fingerprint density at radius 2 is 1.93 bits per heavy atom. The number of carbonyl (C=O) groups is 2. The molecule has 0 spiro atoms. The van der Waals surface area contributed by atoms with Gasteiger partial charge < -0.3 is 15.4 Å². The predicted octanol–water partition coefficient (Wildman–Crippen LogP) is 2.37. The van der Waals surface area contributed by atoms with Crippen LogP contribution >= 0.6 is 11.6 Å². The number of hydrogen-bond donors (Lipinski definition) is 2. The summed E-state index contributed by atoms with van der Waals surface area (Å²) in [6, 6.07) is 6.90. The van der Waals surface area contributed by atoms with Gasteiger partial charge in [0.1, 0.15) is 11.1 Å². The van der Waals surface area contributed by atoms with E-state index in [0.717, 1.165) is 25.7 Å². The van der Waals surface area contributed by atoms with E-state index in [2.05, 4.69) is 20.6 Å². The van der Waals surface area contributed by atoms with Crippen molar-refractivity contribution in [3.8, 4) is 5.88 Å². The zero-order valence-electron chi connectivity index (χ0n) is 14.7. The molecule has 0 atom stereocenters. The van der Waals surface area contributed by atoms with Gasteiger partial charge in [-0.2, -0.15) is 0 Å². The predicted molar refractivity (Wildman–Crippen MR) is 101 cm³/mol. The first-order chi connectivity index (χ1) is 13.1. The molecule has 2 amide bonds. The van der Waals surface area contributed by atoms with Gasteiger partial charge in [-0.15, -0.1) is 0 Å². The fraction of sp³-hybridized carbons (Fsp3) is 0.368. The molecule has 0 aromatic carbocycles. The number of nitrogens with zero attached hydrogens (tertiary/aromatic N) is 2. The van der Waals surface area contributed by atoms with Crippen molar-refractivity contribution in [1.82, 2.24) is 20.6 Å². The highest BCUT2D eigenvalue weighted by molar-refractivity contribution is 6.31. The van der Waals surface area contributed by atoms with Gasteiger partial charge in [-0.1, -0.05) is 11.6 Å². The number of pyridine rings is 2. The standard InChI is InChI=1S/C19H21ClN4O3/c20-16-4-2-10-22-19(16)27-15-7-5-14(6-8-15)24-17(25)12-23-18(26)13-3-1-9-21-11-13/h1-4,9-11,14-15H,5-8,12H2,(H,23,26)(H,24,25). The van der Waals surface area contributed by atoms with Crippen LogP contribution in [0.15, 0.2) is 42.9 Å². The van der Waals surface area contributed by atoms with Gasteiger partial charge in [-0.05, 0) is 49.9 Å². The van der Waals surface area contributed by atoms with E-state index >= 15 is 0 Å². The van der Waals surface area contributed by atoms with E-state index in [1.807, 2.05) is 0 Å². The highest BCUT2D eigenvalue weighted by Crippen LogP contribution is 2.27. The van der Waals surface area contributed by atoms with Crippen LogP contribution in [0.2, 0.25) is 5.02 Å². The molecule has 7 nitrogen and oxygen atoms in total. The lowest BCUT2D eigenvalue weighted by Gasteiger charge is -2.29. The number of hydrogen-bond acceptors (Lipinski definition) is 5. The van der Waals surface area contributed by atoms with Gasteiger partial charge in [0.25, 0.3) is 5.91 Å². The summed E-state index contributed by atoms with van der Waals surface area (Å²) >= 11 is 6.06. The van der Waals surface area contributed by atoms with E-state index in [1.54, 1.807) is 36.7 Å². The molecule has 142 valence electrons. The number of aromatic nitrogens is 2. The molecule has 8 heteroatoms. The van der Waals surface area contributed by atoms with Crippen molar-refractivity contribution < 1.29 is 14.3 Å². The first-order valence-electron chi connectivity index (χ1n) is 8.86. The van der Waals surface area contributed by atoms with Crippen LogP contribution < -0.4 is 15.4 Å². The van der Waals surface area contributed by atoms with Crippen LogP contribution in [-0.2, 0) is 4.79 Å². The molecule has 1 saturated carbocycles. The number of ether oxygens (including phenoxy) is 1. The summed E-state index contributed by atoms with van der Waals surface area (Å²) in [5, 5.41) is 6.05. The summed E-state index contributed by atoms with van der Waals surface area (Å²) in [6.07, 6.45) is 7.95. The minimum absolute atomic E-state index is 0.0378. The summed E-state index contributed by atoms with van der Waals surface area (Å²) in [7, 11) is 0. The third-order valence-corrected chi connectivity index (χ3v) is 4.66. The molecular formula is C19H21ClN4O3. The molecule has 27 heavy (non-hydrogen) atoms. The van der Waals surface area contributed by atoms with E-state index in [1.165, 1.54) is 6.20 Å². The molecular weight excluding hydrogens is 368 g/mol. The summed E-state index contributed by atoms with van der Waals surface area (Å²) in [4.78, 5) is 32.0. The van der Waals surface area contributed by atoms with Crippen LogP contribution in [0, 0.1) is 0 Å². The molecule has 2 aromatic heterocycles. The second kappa shape index (κ2) is 9.32. The molecule has 0 saturated heterocycles. The van der Waals surface area contributed by atoms with Crippen LogP contribution in [0.3, 0.4) is 0 Å². The van der Waals surface area contributed by atoms with Crippen LogP contribution in [0.5, 0.6) is 5.88 Å². The molecule has 0 unspecified atom stereocenters. The molecule has 1 fully saturated rings. The monoisotopic (exact) mass is 388 g/mol. The van der Waals surface area contributed by atoms with E-state index in [0.29, 0.717) is 16.5 Å². The van der Waals surface area contributed by atoms with Gasteiger partial charge in [-0.25, -0.2) is 4.98 Å². The van der Waals surface area contributed by atoms with Crippen molar-refractivity contribution in [3.05, 3.63) is 53.4 Å². The Kier molecular flexibility index (Phi) is 6.59. The first kappa shape index (κ1) is 19.1. The lowest BCUT2D eigenvalue weighted by atomic mass is 9.93. The van der Waals surface area contributed by atoms with E-state index in [4.69, 9.17) is 16.3 Å². The fourth-order valence-corrected chi connectivity index (χ4v) is 3.15. The zero-order chi connectivity index (χ0) is 19.1. The topological polar surface area (TPSA) is 93.2 Å². The SMILES string of the molecule is O=C(CNC(=O)c1cccnc1)NC1CCC(Oc2ncccc2Cl)CC1. The number of rotatable bonds is 6. The Balaban J connectivity index is 1.38. The Morgan fingerprint density at radius 1 is 1.15 bits per heavy atom. The van der Waals surface area contributed by atoms with Crippen molar-refractivity contribution in [2.75, 3.05) is 6.54 Å². The normalized spacial score (nSPS) is 19.1. The molecule has 0 radical (unpaired) electrons. The van der Waals surface area contributed by atoms with Crippen LogP contribution in [0.4, 0.5) is 0 Å². The Morgan fingerprint density at radius 3 is 2.63 bits per heavy atom. The number of carbonyl (C=O) groups excluding carboxylic acids is 2. The lowest BCUT2D eigenvalue weighted by molar-refractivity contribution is -0.121. The zero-order valence-corrected chi connectivity index (χ0v) is 15.5. The molecule has 1 aliphatic rings. The molecule has 3 rings (SSSR count). The third kappa shape index (κ3) is 5.65. The summed E-state index contributed by atoms with van der Waals surface area (Å²) < 4.78 is 5.85. The number of amides is 2. The Bertz CT molecular complexity index is 780. The number of halogens is 1. The average Bonchev–Trinajstić information content (AvgIpc) is 2.70. The van der Waals surface area contributed by atoms with Crippen LogP contribution in [-0.4, -0.2) is 40.5 Å². The maximum atomic E-state index is 12.1. The van der Waals surface area contributed by atoms with Gasteiger partial charge in [0.15, 0.2) is 0 Å². The quantitative estimate of drug-likeness (QED) is 0.792. The highest BCUT2D eigenvalue weighted by Gasteiger charge is 2.24.